The minimum absolute atomic E-state index is 0.000446. The number of hydrogen-bond donors (Lipinski definition) is 4. The number of carbonyl (C=O) groups is 1. The molecule has 2 aromatic rings. The van der Waals surface area contributed by atoms with Crippen molar-refractivity contribution >= 4 is 29.8 Å². The van der Waals surface area contributed by atoms with Crippen molar-refractivity contribution in [2.45, 2.75) is 0 Å². The molecule has 0 aliphatic heterocycles. The van der Waals surface area contributed by atoms with Crippen LogP contribution in [0.5, 0.6) is 11.5 Å². The number of nitrogens with one attached hydrogen (secondary N) is 2. The van der Waals surface area contributed by atoms with Gasteiger partial charge < -0.3 is 10.2 Å². The maximum atomic E-state index is 11.6. The number of benzene rings is 2. The summed E-state index contributed by atoms with van der Waals surface area (Å²) in [6.45, 7) is 0. The van der Waals surface area contributed by atoms with Crippen LogP contribution in [0.3, 0.4) is 0 Å². The van der Waals surface area contributed by atoms with Crippen molar-refractivity contribution in [2.24, 2.45) is 10.2 Å². The second-order valence-corrected chi connectivity index (χ2v) is 5.07. The minimum atomic E-state index is -0.914. The van der Waals surface area contributed by atoms with Gasteiger partial charge in [-0.25, -0.2) is 15.6 Å². The average Bonchev–Trinajstić information content (AvgIpc) is 2.64. The van der Waals surface area contributed by atoms with Gasteiger partial charge in [-0.2, -0.15) is 10.2 Å². The molecule has 0 unspecified atom stereocenters. The largest absolute Gasteiger partial charge is 0.507 e. The van der Waals surface area contributed by atoms with Crippen LogP contribution in [0.15, 0.2) is 46.6 Å². The molecule has 0 aliphatic carbocycles. The molecule has 0 atom stereocenters. The molecule has 0 aromatic heterocycles. The van der Waals surface area contributed by atoms with Gasteiger partial charge in [-0.1, -0.05) is 0 Å². The quantitative estimate of drug-likeness (QED) is 0.327. The number of carbonyl (C=O) groups excluding carboxylic acids is 1. The number of nitrogens with zero attached hydrogens (tertiary/aromatic N) is 4. The Labute approximate surface area is 155 Å². The molecule has 28 heavy (non-hydrogen) atoms. The molecule has 0 aliphatic rings. The molecular weight excluding hydrogens is 376 g/mol. The molecule has 2 aromatic carbocycles. The van der Waals surface area contributed by atoms with Gasteiger partial charge in [0.2, 0.25) is 0 Å². The molecule has 13 nitrogen and oxygen atoms in total. The molecule has 2 amide bonds. The summed E-state index contributed by atoms with van der Waals surface area (Å²) < 4.78 is 0. The summed E-state index contributed by atoms with van der Waals surface area (Å²) in [5.41, 5.74) is 3.44. The highest BCUT2D eigenvalue weighted by Crippen LogP contribution is 2.22. The zero-order chi connectivity index (χ0) is 20.7. The molecule has 0 fully saturated rings. The lowest BCUT2D eigenvalue weighted by atomic mass is 10.2. The van der Waals surface area contributed by atoms with Crippen molar-refractivity contribution in [3.8, 4) is 11.5 Å². The Bertz CT molecular complexity index is 911. The van der Waals surface area contributed by atoms with E-state index in [0.717, 1.165) is 48.8 Å². The van der Waals surface area contributed by atoms with Crippen molar-refractivity contribution in [3.63, 3.8) is 0 Å². The lowest BCUT2D eigenvalue weighted by Crippen LogP contribution is -2.28. The zero-order valence-electron chi connectivity index (χ0n) is 13.8. The Kier molecular flexibility index (Phi) is 6.15. The molecule has 0 saturated heterocycles. The number of hydrogen-bond acceptors (Lipinski definition) is 9. The lowest BCUT2D eigenvalue weighted by Gasteiger charge is -2.01. The number of nitro benzene ring substituents is 2. The van der Waals surface area contributed by atoms with Crippen molar-refractivity contribution in [1.29, 1.82) is 0 Å². The van der Waals surface area contributed by atoms with Gasteiger partial charge in [0.25, 0.3) is 11.4 Å². The SMILES string of the molecule is O=C(NN=Cc1cc([N+](=O)[O-])ccc1O)NN=Cc1cc([N+](=O)[O-])ccc1O. The Morgan fingerprint density at radius 2 is 1.25 bits per heavy atom. The predicted octanol–water partition coefficient (Wildman–Crippen LogP) is 1.58. The van der Waals surface area contributed by atoms with E-state index in [1.54, 1.807) is 0 Å². The first-order valence-corrected chi connectivity index (χ1v) is 7.35. The Morgan fingerprint density at radius 1 is 0.857 bits per heavy atom. The monoisotopic (exact) mass is 388 g/mol. The second-order valence-electron chi connectivity index (χ2n) is 5.07. The van der Waals surface area contributed by atoms with Crippen LogP contribution in [0, 0.1) is 20.2 Å². The highest BCUT2D eigenvalue weighted by Gasteiger charge is 2.10. The number of aromatic hydroxyl groups is 2. The lowest BCUT2D eigenvalue weighted by molar-refractivity contribution is -0.385. The Balaban J connectivity index is 1.96. The van der Waals surface area contributed by atoms with E-state index in [-0.39, 0.29) is 34.0 Å². The van der Waals surface area contributed by atoms with Crippen molar-refractivity contribution < 1.29 is 24.9 Å². The van der Waals surface area contributed by atoms with Gasteiger partial charge in [0, 0.05) is 35.4 Å². The maximum Gasteiger partial charge on any atom is 0.355 e. The summed E-state index contributed by atoms with van der Waals surface area (Å²) in [7, 11) is 0. The van der Waals surface area contributed by atoms with Gasteiger partial charge in [-0.15, -0.1) is 0 Å². The number of nitro groups is 2. The van der Waals surface area contributed by atoms with Gasteiger partial charge in [0.15, 0.2) is 0 Å². The summed E-state index contributed by atoms with van der Waals surface area (Å²) in [5.74, 6) is -0.563. The van der Waals surface area contributed by atoms with Crippen LogP contribution in [0.2, 0.25) is 0 Å². The molecule has 0 saturated carbocycles. The Hall–Kier alpha value is -4.55. The summed E-state index contributed by atoms with van der Waals surface area (Å²) in [5, 5.41) is 47.6. The molecule has 2 rings (SSSR count). The number of urea groups is 1. The second kappa shape index (κ2) is 8.70. The number of rotatable bonds is 6. The predicted molar refractivity (Wildman–Crippen MR) is 96.4 cm³/mol. The summed E-state index contributed by atoms with van der Waals surface area (Å²) >= 11 is 0. The van der Waals surface area contributed by atoms with E-state index >= 15 is 0 Å². The molecule has 4 N–H and O–H groups in total. The molecule has 0 radical (unpaired) electrons. The van der Waals surface area contributed by atoms with Crippen molar-refractivity contribution in [3.05, 3.63) is 67.8 Å². The highest BCUT2D eigenvalue weighted by molar-refractivity contribution is 5.87. The molecular formula is C15H12N6O7. The highest BCUT2D eigenvalue weighted by atomic mass is 16.6. The van der Waals surface area contributed by atoms with Crippen molar-refractivity contribution in [2.75, 3.05) is 0 Å². The van der Waals surface area contributed by atoms with Gasteiger partial charge in [-0.3, -0.25) is 20.2 Å². The maximum absolute atomic E-state index is 11.6. The topological polar surface area (TPSA) is 193 Å². The van der Waals surface area contributed by atoms with Crippen LogP contribution < -0.4 is 10.9 Å². The van der Waals surface area contributed by atoms with Gasteiger partial charge in [0.05, 0.1) is 22.3 Å². The van der Waals surface area contributed by atoms with Crippen LogP contribution in [0.1, 0.15) is 11.1 Å². The number of phenols is 2. The first-order chi connectivity index (χ1) is 13.3. The van der Waals surface area contributed by atoms with Crippen LogP contribution in [0.25, 0.3) is 0 Å². The third-order valence-corrected chi connectivity index (χ3v) is 3.18. The number of amides is 2. The average molecular weight is 388 g/mol. The summed E-state index contributed by atoms with van der Waals surface area (Å²) in [6.07, 6.45) is 1.97. The first-order valence-electron chi connectivity index (χ1n) is 7.35. The smallest absolute Gasteiger partial charge is 0.355 e. The van der Waals surface area contributed by atoms with E-state index in [0.29, 0.717) is 0 Å². The molecule has 0 bridgehead atoms. The van der Waals surface area contributed by atoms with Crippen LogP contribution >= 0.6 is 0 Å². The standard InChI is InChI=1S/C15H12N6O7/c22-13-3-1-11(20(25)26)5-9(13)7-16-18-15(24)19-17-8-10-6-12(21(27)28)2-4-14(10)23/h1-8,22-23H,(H2,18,19,24). The third-order valence-electron chi connectivity index (χ3n) is 3.18. The van der Waals surface area contributed by atoms with E-state index in [1.165, 1.54) is 0 Å². The van der Waals surface area contributed by atoms with Gasteiger partial charge >= 0.3 is 6.03 Å². The van der Waals surface area contributed by atoms with E-state index in [1.807, 2.05) is 10.9 Å². The summed E-state index contributed by atoms with van der Waals surface area (Å²) in [6, 6.07) is 5.62. The van der Waals surface area contributed by atoms with Crippen molar-refractivity contribution in [1.82, 2.24) is 10.9 Å². The molecule has 0 heterocycles. The van der Waals surface area contributed by atoms with E-state index in [4.69, 9.17) is 0 Å². The number of non-ortho nitro benzene ring substituents is 2. The van der Waals surface area contributed by atoms with Crippen LogP contribution in [-0.4, -0.2) is 38.5 Å². The number of hydrazone groups is 2. The van der Waals surface area contributed by atoms with E-state index in [2.05, 4.69) is 10.2 Å². The van der Waals surface area contributed by atoms with Gasteiger partial charge in [0.1, 0.15) is 11.5 Å². The molecule has 13 heteroatoms. The summed E-state index contributed by atoms with van der Waals surface area (Å²) in [4.78, 5) is 31.6. The van der Waals surface area contributed by atoms with E-state index < -0.39 is 15.9 Å². The normalized spacial score (nSPS) is 10.9. The molecule has 144 valence electrons. The van der Waals surface area contributed by atoms with Crippen LogP contribution in [0.4, 0.5) is 16.2 Å². The minimum Gasteiger partial charge on any atom is -0.507 e. The zero-order valence-corrected chi connectivity index (χ0v) is 13.8. The fourth-order valence-electron chi connectivity index (χ4n) is 1.86. The third kappa shape index (κ3) is 5.22. The fourth-order valence-corrected chi connectivity index (χ4v) is 1.86. The Morgan fingerprint density at radius 3 is 1.61 bits per heavy atom. The molecule has 0 spiro atoms. The number of phenolic OH excluding ortho intramolecular Hbond substituents is 2. The fraction of sp³-hybridized carbons (Fsp3) is 0. The van der Waals surface area contributed by atoms with Gasteiger partial charge in [-0.05, 0) is 12.1 Å². The first kappa shape index (κ1) is 19.8. The van der Waals surface area contributed by atoms with E-state index in [9.17, 15) is 35.2 Å². The van der Waals surface area contributed by atoms with Crippen LogP contribution in [-0.2, 0) is 0 Å².